The highest BCUT2D eigenvalue weighted by atomic mass is 16.5. The summed E-state index contributed by atoms with van der Waals surface area (Å²) >= 11 is 0. The first kappa shape index (κ1) is 16.0. The average molecular weight is 305 g/mol. The molecule has 1 fully saturated rings. The number of carbonyl (C=O) groups is 2. The summed E-state index contributed by atoms with van der Waals surface area (Å²) in [5.74, 6) is -0.847. The summed E-state index contributed by atoms with van der Waals surface area (Å²) in [5.41, 5.74) is 2.93. The van der Waals surface area contributed by atoms with E-state index in [1.807, 2.05) is 0 Å². The number of hydrazone groups is 1. The van der Waals surface area contributed by atoms with Gasteiger partial charge in [0, 0.05) is 13.2 Å². The topological polar surface area (TPSA) is 89.0 Å². The molecule has 1 saturated heterocycles. The van der Waals surface area contributed by atoms with Crippen LogP contribution in [-0.4, -0.2) is 44.4 Å². The van der Waals surface area contributed by atoms with E-state index in [1.165, 1.54) is 6.21 Å². The van der Waals surface area contributed by atoms with E-state index in [0.717, 1.165) is 18.4 Å². The standard InChI is InChI=1S/C15H19N3O4/c1-21-12-5-2-4-11(8-12)9-17-18-15(20)14(19)16-10-13-6-3-7-22-13/h2,4-5,8-9,13H,3,6-7,10H2,1H3,(H,16,19)(H,18,20)/b17-9-/t13-/m1/s1. The molecule has 0 bridgehead atoms. The number of benzene rings is 1. The summed E-state index contributed by atoms with van der Waals surface area (Å²) in [6, 6.07) is 7.16. The average Bonchev–Trinajstić information content (AvgIpc) is 3.06. The van der Waals surface area contributed by atoms with Gasteiger partial charge >= 0.3 is 11.8 Å². The number of nitrogens with one attached hydrogen (secondary N) is 2. The molecule has 0 saturated carbocycles. The first-order valence-corrected chi connectivity index (χ1v) is 7.06. The normalized spacial score (nSPS) is 17.4. The van der Waals surface area contributed by atoms with Crippen LogP contribution in [0.3, 0.4) is 0 Å². The highest BCUT2D eigenvalue weighted by molar-refractivity contribution is 6.35. The van der Waals surface area contributed by atoms with Gasteiger partial charge in [0.2, 0.25) is 0 Å². The minimum absolute atomic E-state index is 0.00275. The second-order valence-corrected chi connectivity index (χ2v) is 4.82. The Kier molecular flexibility index (Phi) is 5.91. The molecule has 0 unspecified atom stereocenters. The third-order valence-electron chi connectivity index (χ3n) is 3.19. The summed E-state index contributed by atoms with van der Waals surface area (Å²) in [7, 11) is 1.57. The molecule has 1 aromatic rings. The fourth-order valence-corrected chi connectivity index (χ4v) is 2.03. The molecule has 118 valence electrons. The maximum absolute atomic E-state index is 11.6. The molecule has 1 heterocycles. The van der Waals surface area contributed by atoms with Crippen molar-refractivity contribution >= 4 is 18.0 Å². The number of hydrogen-bond donors (Lipinski definition) is 2. The number of nitrogens with zero attached hydrogens (tertiary/aromatic N) is 1. The fourth-order valence-electron chi connectivity index (χ4n) is 2.03. The van der Waals surface area contributed by atoms with Gasteiger partial charge in [-0.05, 0) is 30.5 Å². The summed E-state index contributed by atoms with van der Waals surface area (Å²) in [4.78, 5) is 23.1. The Morgan fingerprint density at radius 3 is 3.05 bits per heavy atom. The lowest BCUT2D eigenvalue weighted by Crippen LogP contribution is -2.41. The van der Waals surface area contributed by atoms with Crippen molar-refractivity contribution < 1.29 is 19.1 Å². The van der Waals surface area contributed by atoms with Crippen LogP contribution >= 0.6 is 0 Å². The molecule has 1 aliphatic heterocycles. The first-order chi connectivity index (χ1) is 10.7. The SMILES string of the molecule is COc1cccc(/C=N\NC(=O)C(=O)NC[C@H]2CCCO2)c1. The van der Waals surface area contributed by atoms with Gasteiger partial charge in [-0.15, -0.1) is 0 Å². The monoisotopic (exact) mass is 305 g/mol. The molecule has 2 N–H and O–H groups in total. The first-order valence-electron chi connectivity index (χ1n) is 7.06. The highest BCUT2D eigenvalue weighted by Crippen LogP contribution is 2.11. The number of hydrogen-bond acceptors (Lipinski definition) is 5. The molecule has 1 aliphatic rings. The van der Waals surface area contributed by atoms with E-state index in [9.17, 15) is 9.59 Å². The lowest BCUT2D eigenvalue weighted by molar-refractivity contribution is -0.139. The predicted octanol–water partition coefficient (Wildman–Crippen LogP) is 0.440. The molecular formula is C15H19N3O4. The summed E-state index contributed by atoms with van der Waals surface area (Å²) in [6.07, 6.45) is 3.32. The zero-order valence-corrected chi connectivity index (χ0v) is 12.4. The summed E-state index contributed by atoms with van der Waals surface area (Å²) in [5, 5.41) is 6.27. The van der Waals surface area contributed by atoms with Crippen molar-refractivity contribution in [1.29, 1.82) is 0 Å². The molecule has 1 aromatic carbocycles. The number of amides is 2. The Morgan fingerprint density at radius 1 is 1.45 bits per heavy atom. The quantitative estimate of drug-likeness (QED) is 0.469. The maximum Gasteiger partial charge on any atom is 0.329 e. The van der Waals surface area contributed by atoms with Gasteiger partial charge in [-0.1, -0.05) is 12.1 Å². The molecule has 1 atom stereocenters. The number of methoxy groups -OCH3 is 1. The molecule has 2 rings (SSSR count). The van der Waals surface area contributed by atoms with Gasteiger partial charge in [0.15, 0.2) is 0 Å². The van der Waals surface area contributed by atoms with Crippen LogP contribution in [0.15, 0.2) is 29.4 Å². The van der Waals surface area contributed by atoms with Gasteiger partial charge in [0.05, 0.1) is 19.4 Å². The Bertz CT molecular complexity index is 553. The Labute approximate surface area is 128 Å². The van der Waals surface area contributed by atoms with Crippen molar-refractivity contribution in [2.75, 3.05) is 20.3 Å². The van der Waals surface area contributed by atoms with Crippen molar-refractivity contribution in [3.05, 3.63) is 29.8 Å². The zero-order chi connectivity index (χ0) is 15.8. The van der Waals surface area contributed by atoms with Crippen LogP contribution in [0.5, 0.6) is 5.75 Å². The number of rotatable bonds is 5. The second kappa shape index (κ2) is 8.14. The van der Waals surface area contributed by atoms with Crippen molar-refractivity contribution in [2.24, 2.45) is 5.10 Å². The van der Waals surface area contributed by atoms with Crippen molar-refractivity contribution in [2.45, 2.75) is 18.9 Å². The molecule has 0 spiro atoms. The molecule has 2 amide bonds. The number of carbonyl (C=O) groups excluding carboxylic acids is 2. The third kappa shape index (κ3) is 4.85. The highest BCUT2D eigenvalue weighted by Gasteiger charge is 2.18. The Hall–Kier alpha value is -2.41. The largest absolute Gasteiger partial charge is 0.497 e. The molecule has 22 heavy (non-hydrogen) atoms. The minimum Gasteiger partial charge on any atom is -0.497 e. The Morgan fingerprint density at radius 2 is 2.32 bits per heavy atom. The van der Waals surface area contributed by atoms with Crippen LogP contribution in [0, 0.1) is 0 Å². The van der Waals surface area contributed by atoms with E-state index < -0.39 is 11.8 Å². The van der Waals surface area contributed by atoms with Crippen molar-refractivity contribution in [3.63, 3.8) is 0 Å². The van der Waals surface area contributed by atoms with Gasteiger partial charge in [-0.3, -0.25) is 9.59 Å². The Balaban J connectivity index is 1.75. The van der Waals surface area contributed by atoms with E-state index in [2.05, 4.69) is 15.8 Å². The molecule has 0 radical (unpaired) electrons. The maximum atomic E-state index is 11.6. The van der Waals surface area contributed by atoms with Gasteiger partial charge in [-0.2, -0.15) is 5.10 Å². The van der Waals surface area contributed by atoms with Crippen molar-refractivity contribution in [3.8, 4) is 5.75 Å². The van der Waals surface area contributed by atoms with Crippen LogP contribution in [0.25, 0.3) is 0 Å². The molecule has 0 aromatic heterocycles. The fraction of sp³-hybridized carbons (Fsp3) is 0.400. The van der Waals surface area contributed by atoms with Gasteiger partial charge < -0.3 is 14.8 Å². The summed E-state index contributed by atoms with van der Waals surface area (Å²) < 4.78 is 10.4. The number of ether oxygens (including phenoxy) is 2. The van der Waals surface area contributed by atoms with Crippen LogP contribution < -0.4 is 15.5 Å². The van der Waals surface area contributed by atoms with Crippen LogP contribution in [0.4, 0.5) is 0 Å². The smallest absolute Gasteiger partial charge is 0.329 e. The molecule has 0 aliphatic carbocycles. The third-order valence-corrected chi connectivity index (χ3v) is 3.19. The molecular weight excluding hydrogens is 286 g/mol. The van der Waals surface area contributed by atoms with E-state index in [4.69, 9.17) is 9.47 Å². The van der Waals surface area contributed by atoms with E-state index in [-0.39, 0.29) is 6.10 Å². The van der Waals surface area contributed by atoms with Crippen LogP contribution in [-0.2, 0) is 14.3 Å². The lowest BCUT2D eigenvalue weighted by Gasteiger charge is -2.09. The predicted molar refractivity (Wildman–Crippen MR) is 80.7 cm³/mol. The molecule has 7 heteroatoms. The van der Waals surface area contributed by atoms with E-state index in [0.29, 0.717) is 18.9 Å². The lowest BCUT2D eigenvalue weighted by atomic mass is 10.2. The second-order valence-electron chi connectivity index (χ2n) is 4.82. The van der Waals surface area contributed by atoms with Gasteiger partial charge in [0.25, 0.3) is 0 Å². The van der Waals surface area contributed by atoms with Gasteiger partial charge in [0.1, 0.15) is 5.75 Å². The molecule has 7 nitrogen and oxygen atoms in total. The van der Waals surface area contributed by atoms with Gasteiger partial charge in [-0.25, -0.2) is 5.43 Å². The minimum atomic E-state index is -0.808. The van der Waals surface area contributed by atoms with Crippen molar-refractivity contribution in [1.82, 2.24) is 10.7 Å². The van der Waals surface area contributed by atoms with E-state index in [1.54, 1.807) is 31.4 Å². The zero-order valence-electron chi connectivity index (χ0n) is 12.4. The van der Waals surface area contributed by atoms with E-state index >= 15 is 0 Å². The van der Waals surface area contributed by atoms with Crippen LogP contribution in [0.1, 0.15) is 18.4 Å². The summed E-state index contributed by atoms with van der Waals surface area (Å²) in [6.45, 7) is 1.05. The van der Waals surface area contributed by atoms with Crippen LogP contribution in [0.2, 0.25) is 0 Å².